The molecule has 1 unspecified atom stereocenters. The van der Waals surface area contributed by atoms with E-state index in [1.165, 1.54) is 0 Å². The van der Waals surface area contributed by atoms with E-state index >= 15 is 0 Å². The van der Waals surface area contributed by atoms with Crippen LogP contribution in [-0.2, 0) is 11.2 Å². The molecule has 1 aromatic heterocycles. The van der Waals surface area contributed by atoms with Crippen molar-refractivity contribution in [3.8, 4) is 0 Å². The van der Waals surface area contributed by atoms with Crippen molar-refractivity contribution in [2.24, 2.45) is 5.73 Å². The fraction of sp³-hybridized carbons (Fsp3) is 0.429. The van der Waals surface area contributed by atoms with Crippen LogP contribution in [0.15, 0.2) is 24.3 Å². The second-order valence-electron chi connectivity index (χ2n) is 4.54. The minimum atomic E-state index is -0.820. The molecular formula is C14H19N3O2. The Morgan fingerprint density at radius 2 is 2.21 bits per heavy atom. The molecule has 1 heterocycles. The van der Waals surface area contributed by atoms with Gasteiger partial charge < -0.3 is 15.4 Å². The van der Waals surface area contributed by atoms with E-state index in [1.807, 2.05) is 35.8 Å². The first-order valence-electron chi connectivity index (χ1n) is 6.57. The molecule has 3 N–H and O–H groups in total. The number of carboxylic acid groups (broad SMARTS) is 1. The van der Waals surface area contributed by atoms with Gasteiger partial charge in [-0.25, -0.2) is 9.78 Å². The van der Waals surface area contributed by atoms with Crippen molar-refractivity contribution in [3.05, 3.63) is 30.1 Å². The van der Waals surface area contributed by atoms with Crippen molar-refractivity contribution in [3.63, 3.8) is 0 Å². The number of aryl methyl sites for hydroxylation is 1. The van der Waals surface area contributed by atoms with Crippen molar-refractivity contribution in [1.82, 2.24) is 9.55 Å². The number of para-hydroxylation sites is 2. The summed E-state index contributed by atoms with van der Waals surface area (Å²) in [5.74, 6) is -0.0134. The van der Waals surface area contributed by atoms with E-state index in [1.54, 1.807) is 0 Å². The third-order valence-electron chi connectivity index (χ3n) is 3.26. The monoisotopic (exact) mass is 261 g/mol. The fourth-order valence-electron chi connectivity index (χ4n) is 2.35. The van der Waals surface area contributed by atoms with Gasteiger partial charge in [0, 0.05) is 6.42 Å². The Hall–Kier alpha value is -1.88. The van der Waals surface area contributed by atoms with E-state index in [0.717, 1.165) is 23.3 Å². The Morgan fingerprint density at radius 1 is 1.47 bits per heavy atom. The Labute approximate surface area is 112 Å². The zero-order chi connectivity index (χ0) is 13.8. The molecule has 0 spiro atoms. The van der Waals surface area contributed by atoms with Crippen molar-refractivity contribution in [2.75, 3.05) is 6.54 Å². The SMILES string of the molecule is CCC(C(=O)O)n1c(CCCN)nc2ccccc21. The van der Waals surface area contributed by atoms with E-state index in [9.17, 15) is 9.90 Å². The van der Waals surface area contributed by atoms with Crippen LogP contribution in [0, 0.1) is 0 Å². The van der Waals surface area contributed by atoms with Gasteiger partial charge in [0.15, 0.2) is 0 Å². The molecule has 0 aliphatic rings. The quantitative estimate of drug-likeness (QED) is 0.833. The molecular weight excluding hydrogens is 242 g/mol. The number of hydrogen-bond acceptors (Lipinski definition) is 3. The number of aromatic nitrogens is 2. The maximum atomic E-state index is 11.4. The van der Waals surface area contributed by atoms with Gasteiger partial charge in [0.2, 0.25) is 0 Å². The molecule has 0 bridgehead atoms. The van der Waals surface area contributed by atoms with Crippen molar-refractivity contribution in [1.29, 1.82) is 0 Å². The molecule has 0 fully saturated rings. The van der Waals surface area contributed by atoms with Gasteiger partial charge in [-0.15, -0.1) is 0 Å². The summed E-state index contributed by atoms with van der Waals surface area (Å²) in [4.78, 5) is 16.0. The molecule has 0 saturated heterocycles. The summed E-state index contributed by atoms with van der Waals surface area (Å²) >= 11 is 0. The van der Waals surface area contributed by atoms with Gasteiger partial charge in [0.05, 0.1) is 11.0 Å². The predicted molar refractivity (Wildman–Crippen MR) is 74.1 cm³/mol. The number of carboxylic acids is 1. The molecule has 1 atom stereocenters. The highest BCUT2D eigenvalue weighted by Gasteiger charge is 2.22. The standard InChI is InChI=1S/C14H19N3O2/c1-2-11(14(18)19)17-12-7-4-3-6-10(12)16-13(17)8-5-9-15/h3-4,6-7,11H,2,5,8-9,15H2,1H3,(H,18,19). The van der Waals surface area contributed by atoms with Crippen LogP contribution >= 0.6 is 0 Å². The largest absolute Gasteiger partial charge is 0.480 e. The van der Waals surface area contributed by atoms with Crippen molar-refractivity contribution >= 4 is 17.0 Å². The van der Waals surface area contributed by atoms with E-state index in [-0.39, 0.29) is 0 Å². The van der Waals surface area contributed by atoms with Crippen LogP contribution in [0.25, 0.3) is 11.0 Å². The number of nitrogens with two attached hydrogens (primary N) is 1. The minimum absolute atomic E-state index is 0.533. The molecule has 0 amide bonds. The highest BCUT2D eigenvalue weighted by atomic mass is 16.4. The summed E-state index contributed by atoms with van der Waals surface area (Å²) < 4.78 is 1.84. The van der Waals surface area contributed by atoms with Crippen LogP contribution in [0.4, 0.5) is 0 Å². The van der Waals surface area contributed by atoms with Gasteiger partial charge in [0.25, 0.3) is 0 Å². The molecule has 5 heteroatoms. The van der Waals surface area contributed by atoms with E-state index in [0.29, 0.717) is 19.4 Å². The number of hydrogen-bond donors (Lipinski definition) is 2. The third-order valence-corrected chi connectivity index (χ3v) is 3.26. The van der Waals surface area contributed by atoms with Gasteiger partial charge in [-0.1, -0.05) is 19.1 Å². The van der Waals surface area contributed by atoms with E-state index in [4.69, 9.17) is 5.73 Å². The lowest BCUT2D eigenvalue weighted by molar-refractivity contribution is -0.140. The number of aliphatic carboxylic acids is 1. The Balaban J connectivity index is 2.56. The summed E-state index contributed by atoms with van der Waals surface area (Å²) in [7, 11) is 0. The van der Waals surface area contributed by atoms with Gasteiger partial charge in [-0.2, -0.15) is 0 Å². The summed E-state index contributed by atoms with van der Waals surface area (Å²) in [6.45, 7) is 2.45. The molecule has 0 aliphatic heterocycles. The molecule has 1 aromatic carbocycles. The summed E-state index contributed by atoms with van der Waals surface area (Å²) in [5.41, 5.74) is 7.26. The number of nitrogens with zero attached hydrogens (tertiary/aromatic N) is 2. The van der Waals surface area contributed by atoms with Crippen LogP contribution in [0.2, 0.25) is 0 Å². The molecule has 102 valence electrons. The third kappa shape index (κ3) is 2.61. The topological polar surface area (TPSA) is 81.1 Å². The predicted octanol–water partition coefficient (Wildman–Crippen LogP) is 1.96. The lowest BCUT2D eigenvalue weighted by atomic mass is 10.2. The number of rotatable bonds is 6. The van der Waals surface area contributed by atoms with Crippen LogP contribution in [-0.4, -0.2) is 27.2 Å². The Bertz CT molecular complexity index is 577. The van der Waals surface area contributed by atoms with Crippen molar-refractivity contribution in [2.45, 2.75) is 32.2 Å². The fourth-order valence-corrected chi connectivity index (χ4v) is 2.35. The van der Waals surface area contributed by atoms with Crippen molar-refractivity contribution < 1.29 is 9.90 Å². The van der Waals surface area contributed by atoms with Crippen LogP contribution in [0.1, 0.15) is 31.6 Å². The van der Waals surface area contributed by atoms with E-state index < -0.39 is 12.0 Å². The normalized spacial score (nSPS) is 12.7. The highest BCUT2D eigenvalue weighted by molar-refractivity contribution is 5.80. The van der Waals surface area contributed by atoms with Gasteiger partial charge in [-0.3, -0.25) is 0 Å². The molecule has 19 heavy (non-hydrogen) atoms. The minimum Gasteiger partial charge on any atom is -0.480 e. The Kier molecular flexibility index (Phi) is 4.16. The smallest absolute Gasteiger partial charge is 0.326 e. The zero-order valence-electron chi connectivity index (χ0n) is 11.0. The van der Waals surface area contributed by atoms with Gasteiger partial charge >= 0.3 is 5.97 Å². The summed E-state index contributed by atoms with van der Waals surface area (Å²) in [6, 6.07) is 7.07. The second-order valence-corrected chi connectivity index (χ2v) is 4.54. The average molecular weight is 261 g/mol. The lowest BCUT2D eigenvalue weighted by Crippen LogP contribution is -2.20. The molecule has 5 nitrogen and oxygen atoms in total. The maximum Gasteiger partial charge on any atom is 0.326 e. The molecule has 2 aromatic rings. The summed E-state index contributed by atoms with van der Waals surface area (Å²) in [5, 5.41) is 9.38. The van der Waals surface area contributed by atoms with Crippen LogP contribution < -0.4 is 5.73 Å². The van der Waals surface area contributed by atoms with E-state index in [2.05, 4.69) is 4.98 Å². The number of imidazole rings is 1. The molecule has 0 saturated carbocycles. The zero-order valence-corrected chi connectivity index (χ0v) is 11.0. The first kappa shape index (κ1) is 13.5. The summed E-state index contributed by atoms with van der Waals surface area (Å²) in [6.07, 6.45) is 2.04. The number of fused-ring (bicyclic) bond motifs is 1. The first-order valence-corrected chi connectivity index (χ1v) is 6.57. The Morgan fingerprint density at radius 3 is 2.84 bits per heavy atom. The van der Waals surface area contributed by atoms with Gasteiger partial charge in [0.1, 0.15) is 11.9 Å². The maximum absolute atomic E-state index is 11.4. The average Bonchev–Trinajstić information content (AvgIpc) is 2.76. The highest BCUT2D eigenvalue weighted by Crippen LogP contribution is 2.24. The molecule has 2 rings (SSSR count). The van der Waals surface area contributed by atoms with Crippen LogP contribution in [0.3, 0.4) is 0 Å². The first-order chi connectivity index (χ1) is 9.19. The molecule has 0 radical (unpaired) electrons. The lowest BCUT2D eigenvalue weighted by Gasteiger charge is -2.16. The number of carbonyl (C=O) groups is 1. The second kappa shape index (κ2) is 5.84. The molecule has 0 aliphatic carbocycles. The number of benzene rings is 1. The van der Waals surface area contributed by atoms with Gasteiger partial charge in [-0.05, 0) is 31.5 Å². The van der Waals surface area contributed by atoms with Crippen LogP contribution in [0.5, 0.6) is 0 Å².